The Morgan fingerprint density at radius 1 is 1.37 bits per heavy atom. The van der Waals surface area contributed by atoms with E-state index >= 15 is 0 Å². The summed E-state index contributed by atoms with van der Waals surface area (Å²) in [6.07, 6.45) is 5.78. The van der Waals surface area contributed by atoms with Gasteiger partial charge in [0.25, 0.3) is 0 Å². The van der Waals surface area contributed by atoms with Crippen LogP contribution in [-0.4, -0.2) is 72.4 Å². The van der Waals surface area contributed by atoms with E-state index in [9.17, 15) is 9.90 Å². The van der Waals surface area contributed by atoms with Crippen molar-refractivity contribution in [1.29, 1.82) is 0 Å². The number of hydrogen-bond acceptors (Lipinski definition) is 6. The van der Waals surface area contributed by atoms with Crippen LogP contribution >= 0.6 is 11.3 Å². The number of rotatable bonds is 12. The molecule has 0 aliphatic carbocycles. The van der Waals surface area contributed by atoms with Gasteiger partial charge < -0.3 is 19.5 Å². The van der Waals surface area contributed by atoms with Crippen LogP contribution in [0.1, 0.15) is 47.7 Å². The molecule has 2 aliphatic rings. The number of carbonyl (C=O) groups excluding carboxylic acids is 1. The topological polar surface area (TPSA) is 62.2 Å². The van der Waals surface area contributed by atoms with Crippen LogP contribution in [0.3, 0.4) is 0 Å². The second-order valence-corrected chi connectivity index (χ2v) is 10.6. The fraction of sp³-hybridized carbons (Fsp3) is 0.536. The quantitative estimate of drug-likeness (QED) is 0.441. The molecule has 35 heavy (non-hydrogen) atoms. The molecule has 0 spiro atoms. The van der Waals surface area contributed by atoms with Crippen LogP contribution in [0.2, 0.25) is 0 Å². The smallest absolute Gasteiger partial charge is 0.237 e. The molecule has 7 heteroatoms. The van der Waals surface area contributed by atoms with Gasteiger partial charge in [0.2, 0.25) is 5.91 Å². The molecule has 1 fully saturated rings. The molecule has 2 aliphatic heterocycles. The molecule has 1 amide bonds. The minimum atomic E-state index is -0.493. The van der Waals surface area contributed by atoms with Gasteiger partial charge in [0.15, 0.2) is 0 Å². The molecule has 1 N–H and O–H groups in total. The number of hydrogen-bond donors (Lipinski definition) is 1. The van der Waals surface area contributed by atoms with Crippen LogP contribution in [0.5, 0.6) is 5.75 Å². The highest BCUT2D eigenvalue weighted by Crippen LogP contribution is 2.34. The van der Waals surface area contributed by atoms with Crippen LogP contribution < -0.4 is 4.74 Å². The molecule has 0 unspecified atom stereocenters. The highest BCUT2D eigenvalue weighted by molar-refractivity contribution is 7.10. The van der Waals surface area contributed by atoms with E-state index in [0.29, 0.717) is 32.7 Å². The molecule has 0 bridgehead atoms. The normalized spacial score (nSPS) is 20.6. The van der Waals surface area contributed by atoms with Crippen LogP contribution in [0, 0.1) is 6.92 Å². The van der Waals surface area contributed by atoms with Gasteiger partial charge in [-0.3, -0.25) is 9.69 Å². The van der Waals surface area contributed by atoms with Gasteiger partial charge in [0, 0.05) is 31.1 Å². The van der Waals surface area contributed by atoms with Gasteiger partial charge in [0.05, 0.1) is 24.8 Å². The molecule has 1 aromatic carbocycles. The van der Waals surface area contributed by atoms with Gasteiger partial charge in [-0.05, 0) is 68.2 Å². The van der Waals surface area contributed by atoms with Crippen molar-refractivity contribution in [2.75, 3.05) is 39.4 Å². The van der Waals surface area contributed by atoms with Crippen LogP contribution in [-0.2, 0) is 16.0 Å². The first kappa shape index (κ1) is 25.9. The number of carbonyl (C=O) groups is 1. The number of aryl methyl sites for hydroxylation is 1. The zero-order valence-corrected chi connectivity index (χ0v) is 21.5. The van der Waals surface area contributed by atoms with Crippen molar-refractivity contribution in [3.63, 3.8) is 0 Å². The average Bonchev–Trinajstić information content (AvgIpc) is 3.54. The zero-order valence-electron chi connectivity index (χ0n) is 20.7. The molecule has 4 rings (SSSR count). The molecule has 2 aromatic rings. The SMILES string of the molecule is C=CCC[C@H](O)CN(CC(=O)N1CCc2sccc2[C@@H]1COc1ccc(C)cc1)C[C@H]1CCCO1. The third-order valence-corrected chi connectivity index (χ3v) is 7.86. The Morgan fingerprint density at radius 2 is 2.20 bits per heavy atom. The molecular formula is C28H38N2O4S. The second-order valence-electron chi connectivity index (χ2n) is 9.63. The summed E-state index contributed by atoms with van der Waals surface area (Å²) in [5.41, 5.74) is 2.38. The predicted octanol–water partition coefficient (Wildman–Crippen LogP) is 4.37. The maximum absolute atomic E-state index is 13.7. The number of aliphatic hydroxyl groups is 1. The van der Waals surface area contributed by atoms with Gasteiger partial charge in [-0.15, -0.1) is 17.9 Å². The van der Waals surface area contributed by atoms with E-state index in [4.69, 9.17) is 9.47 Å². The fourth-order valence-electron chi connectivity index (χ4n) is 4.95. The Morgan fingerprint density at radius 3 is 2.94 bits per heavy atom. The van der Waals surface area contributed by atoms with Gasteiger partial charge in [-0.2, -0.15) is 0 Å². The van der Waals surface area contributed by atoms with Gasteiger partial charge in [0.1, 0.15) is 12.4 Å². The molecule has 3 heterocycles. The van der Waals surface area contributed by atoms with Crippen molar-refractivity contribution < 1.29 is 19.4 Å². The average molecular weight is 499 g/mol. The summed E-state index contributed by atoms with van der Waals surface area (Å²) in [5, 5.41) is 12.7. The minimum Gasteiger partial charge on any atom is -0.491 e. The number of fused-ring (bicyclic) bond motifs is 1. The summed E-state index contributed by atoms with van der Waals surface area (Å²) in [4.78, 5) is 19.1. The minimum absolute atomic E-state index is 0.0771. The van der Waals surface area contributed by atoms with Crippen molar-refractivity contribution >= 4 is 17.2 Å². The highest BCUT2D eigenvalue weighted by Gasteiger charge is 2.33. The Hall–Kier alpha value is -2.19. The van der Waals surface area contributed by atoms with Crippen LogP contribution in [0.15, 0.2) is 48.4 Å². The first-order valence-electron chi connectivity index (χ1n) is 12.7. The van der Waals surface area contributed by atoms with E-state index in [1.165, 1.54) is 16.0 Å². The lowest BCUT2D eigenvalue weighted by atomic mass is 10.00. The molecule has 0 radical (unpaired) electrons. The standard InChI is InChI=1S/C28H38N2O4S/c1-3-4-6-22(31)17-29(18-24-7-5-15-33-24)19-28(32)30-14-12-27-25(13-16-35-27)26(30)20-34-23-10-8-21(2)9-11-23/h3,8-11,13,16,22,24,26,31H,1,4-7,12,14-15,17-20H2,2H3/t22-,24+,26-/m0/s1. The van der Waals surface area contributed by atoms with E-state index in [2.05, 4.69) is 29.8 Å². The number of allylic oxidation sites excluding steroid dienone is 1. The van der Waals surface area contributed by atoms with Crippen molar-refractivity contribution in [3.05, 3.63) is 64.4 Å². The van der Waals surface area contributed by atoms with Crippen molar-refractivity contribution in [1.82, 2.24) is 9.80 Å². The Labute approximate surface area is 213 Å². The van der Waals surface area contributed by atoms with E-state index < -0.39 is 6.10 Å². The highest BCUT2D eigenvalue weighted by atomic mass is 32.1. The van der Waals surface area contributed by atoms with E-state index in [-0.39, 0.29) is 24.6 Å². The first-order valence-corrected chi connectivity index (χ1v) is 13.6. The summed E-state index contributed by atoms with van der Waals surface area (Å²) < 4.78 is 12.0. The van der Waals surface area contributed by atoms with E-state index in [0.717, 1.165) is 38.0 Å². The first-order chi connectivity index (χ1) is 17.0. The lowest BCUT2D eigenvalue weighted by molar-refractivity contribution is -0.136. The monoisotopic (exact) mass is 498 g/mol. The Balaban J connectivity index is 1.45. The number of ether oxygens (including phenoxy) is 2. The molecule has 190 valence electrons. The molecule has 3 atom stereocenters. The fourth-order valence-corrected chi connectivity index (χ4v) is 5.87. The summed E-state index contributed by atoms with van der Waals surface area (Å²) in [7, 11) is 0. The van der Waals surface area contributed by atoms with Crippen LogP contribution in [0.4, 0.5) is 0 Å². The summed E-state index contributed by atoms with van der Waals surface area (Å²) in [6.45, 7) is 9.08. The Bertz CT molecular complexity index is 954. The molecular weight excluding hydrogens is 460 g/mol. The van der Waals surface area contributed by atoms with Crippen molar-refractivity contribution in [3.8, 4) is 5.75 Å². The predicted molar refractivity (Wildman–Crippen MR) is 140 cm³/mol. The van der Waals surface area contributed by atoms with E-state index in [1.54, 1.807) is 11.3 Å². The molecule has 6 nitrogen and oxygen atoms in total. The third kappa shape index (κ3) is 7.17. The largest absolute Gasteiger partial charge is 0.491 e. The number of aliphatic hydroxyl groups excluding tert-OH is 1. The van der Waals surface area contributed by atoms with Gasteiger partial charge in [-0.25, -0.2) is 0 Å². The lowest BCUT2D eigenvalue weighted by Gasteiger charge is -2.37. The number of benzene rings is 1. The maximum Gasteiger partial charge on any atom is 0.237 e. The number of amides is 1. The number of thiophene rings is 1. The molecule has 1 aromatic heterocycles. The third-order valence-electron chi connectivity index (χ3n) is 6.86. The van der Waals surface area contributed by atoms with Crippen LogP contribution in [0.25, 0.3) is 0 Å². The van der Waals surface area contributed by atoms with Crippen molar-refractivity contribution in [2.24, 2.45) is 0 Å². The number of nitrogens with zero attached hydrogens (tertiary/aromatic N) is 2. The lowest BCUT2D eigenvalue weighted by Crippen LogP contribution is -2.49. The Kier molecular flexibility index (Phi) is 9.38. The summed E-state index contributed by atoms with van der Waals surface area (Å²) >= 11 is 1.76. The maximum atomic E-state index is 13.7. The van der Waals surface area contributed by atoms with Gasteiger partial charge >= 0.3 is 0 Å². The molecule has 0 saturated carbocycles. The van der Waals surface area contributed by atoms with Crippen molar-refractivity contribution in [2.45, 2.75) is 57.3 Å². The zero-order chi connectivity index (χ0) is 24.6. The summed E-state index contributed by atoms with van der Waals surface area (Å²) in [6, 6.07) is 10.0. The van der Waals surface area contributed by atoms with Gasteiger partial charge in [-0.1, -0.05) is 23.8 Å². The van der Waals surface area contributed by atoms with E-state index in [1.807, 2.05) is 35.2 Å². The second kappa shape index (κ2) is 12.7. The summed E-state index contributed by atoms with van der Waals surface area (Å²) in [5.74, 6) is 0.893. The molecule has 1 saturated heterocycles.